The normalized spacial score (nSPS) is 12.3. The molecule has 1 N–H and O–H groups in total. The minimum atomic E-state index is -1.16. The lowest BCUT2D eigenvalue weighted by molar-refractivity contribution is -0.385. The summed E-state index contributed by atoms with van der Waals surface area (Å²) in [4.78, 5) is 23.7. The molecule has 0 fully saturated rings. The Kier molecular flexibility index (Phi) is 5.29. The lowest BCUT2D eigenvalue weighted by Gasteiger charge is -2.29. The van der Waals surface area contributed by atoms with Gasteiger partial charge in [0.05, 0.1) is 16.1 Å². The van der Waals surface area contributed by atoms with E-state index < -0.39 is 10.9 Å². The Morgan fingerprint density at radius 3 is 2.38 bits per heavy atom. The van der Waals surface area contributed by atoms with Crippen LogP contribution in [0.15, 0.2) is 12.1 Å². The highest BCUT2D eigenvalue weighted by atomic mass is 16.6. The van der Waals surface area contributed by atoms with Gasteiger partial charge in [0.25, 0.3) is 5.69 Å². The number of carboxylic acids is 1. The Bertz CT molecular complexity index is 555. The molecule has 6 heteroatoms. The molecule has 6 nitrogen and oxygen atoms in total. The molecule has 1 unspecified atom stereocenters. The van der Waals surface area contributed by atoms with Crippen molar-refractivity contribution in [2.45, 2.75) is 40.2 Å². The number of benzene rings is 1. The lowest BCUT2D eigenvalue weighted by Crippen LogP contribution is -2.31. The second kappa shape index (κ2) is 6.56. The van der Waals surface area contributed by atoms with E-state index in [9.17, 15) is 14.9 Å². The first-order chi connectivity index (χ1) is 9.65. The minimum Gasteiger partial charge on any atom is -0.478 e. The topological polar surface area (TPSA) is 83.7 Å². The molecular weight excluding hydrogens is 272 g/mol. The summed E-state index contributed by atoms with van der Waals surface area (Å²) < 4.78 is 0. The summed E-state index contributed by atoms with van der Waals surface area (Å²) in [5, 5.41) is 20.2. The molecule has 0 aliphatic heterocycles. The summed E-state index contributed by atoms with van der Waals surface area (Å²) in [6.07, 6.45) is 0.918. The number of rotatable bonds is 6. The Morgan fingerprint density at radius 2 is 1.95 bits per heavy atom. The summed E-state index contributed by atoms with van der Waals surface area (Å²) >= 11 is 0. The first-order valence-corrected chi connectivity index (χ1v) is 6.90. The van der Waals surface area contributed by atoms with Crippen molar-refractivity contribution in [2.24, 2.45) is 5.92 Å². The van der Waals surface area contributed by atoms with E-state index in [0.717, 1.165) is 12.5 Å². The monoisotopic (exact) mass is 294 g/mol. The molecule has 21 heavy (non-hydrogen) atoms. The Morgan fingerprint density at radius 1 is 1.38 bits per heavy atom. The zero-order valence-electron chi connectivity index (χ0n) is 13.1. The van der Waals surface area contributed by atoms with Gasteiger partial charge in [-0.3, -0.25) is 10.1 Å². The van der Waals surface area contributed by atoms with Crippen LogP contribution in [0.5, 0.6) is 0 Å². The van der Waals surface area contributed by atoms with Gasteiger partial charge in [-0.25, -0.2) is 4.79 Å². The number of nitrogens with zero attached hydrogens (tertiary/aromatic N) is 2. The fourth-order valence-electron chi connectivity index (χ4n) is 2.44. The van der Waals surface area contributed by atoms with Crippen LogP contribution in [0.2, 0.25) is 0 Å². The number of nitro benzene ring substituents is 1. The van der Waals surface area contributed by atoms with E-state index >= 15 is 0 Å². The van der Waals surface area contributed by atoms with Gasteiger partial charge in [0.15, 0.2) is 0 Å². The third kappa shape index (κ3) is 3.93. The van der Waals surface area contributed by atoms with Gasteiger partial charge in [0.1, 0.15) is 0 Å². The van der Waals surface area contributed by atoms with E-state index in [2.05, 4.69) is 13.8 Å². The van der Waals surface area contributed by atoms with Gasteiger partial charge < -0.3 is 10.0 Å². The Balaban J connectivity index is 3.33. The average molecular weight is 294 g/mol. The van der Waals surface area contributed by atoms with Crippen molar-refractivity contribution in [1.29, 1.82) is 0 Å². The van der Waals surface area contributed by atoms with E-state index in [1.807, 2.05) is 18.9 Å². The average Bonchev–Trinajstić information content (AvgIpc) is 2.36. The number of hydrogen-bond donors (Lipinski definition) is 1. The summed E-state index contributed by atoms with van der Waals surface area (Å²) in [5.74, 6) is -0.676. The van der Waals surface area contributed by atoms with Gasteiger partial charge in [0.2, 0.25) is 0 Å². The van der Waals surface area contributed by atoms with Gasteiger partial charge in [0, 0.05) is 24.8 Å². The summed E-state index contributed by atoms with van der Waals surface area (Å²) in [7, 11) is 1.84. The second-order valence-electron chi connectivity index (χ2n) is 5.79. The Hall–Kier alpha value is -2.11. The third-order valence-electron chi connectivity index (χ3n) is 3.65. The maximum Gasteiger partial charge on any atom is 0.336 e. The number of carboxylic acid groups (broad SMARTS) is 1. The maximum absolute atomic E-state index is 11.2. The van der Waals surface area contributed by atoms with Gasteiger partial charge in [-0.05, 0) is 32.3 Å². The standard InChI is InChI=1S/C15H22N2O4/c1-9(2)6-10(3)16(5)13-7-12(15(18)19)8-14(11(13)4)17(20)21/h7-10H,6H2,1-5H3,(H,18,19). The van der Waals surface area contributed by atoms with Gasteiger partial charge >= 0.3 is 5.97 Å². The van der Waals surface area contributed by atoms with Gasteiger partial charge in [-0.2, -0.15) is 0 Å². The molecule has 116 valence electrons. The molecule has 0 heterocycles. The van der Waals surface area contributed by atoms with Crippen molar-refractivity contribution in [2.75, 3.05) is 11.9 Å². The quantitative estimate of drug-likeness (QED) is 0.641. The van der Waals surface area contributed by atoms with Crippen molar-refractivity contribution in [1.82, 2.24) is 0 Å². The van der Waals surface area contributed by atoms with Crippen LogP contribution in [0.4, 0.5) is 11.4 Å². The number of hydrogen-bond acceptors (Lipinski definition) is 4. The maximum atomic E-state index is 11.2. The molecule has 1 aromatic rings. The van der Waals surface area contributed by atoms with Gasteiger partial charge in [-0.1, -0.05) is 13.8 Å². The Labute approximate surface area is 124 Å². The first-order valence-electron chi connectivity index (χ1n) is 6.90. The highest BCUT2D eigenvalue weighted by Gasteiger charge is 2.23. The molecule has 1 aromatic carbocycles. The highest BCUT2D eigenvalue weighted by Crippen LogP contribution is 2.31. The number of aromatic carboxylic acids is 1. The number of carbonyl (C=O) groups is 1. The van der Waals surface area contributed by atoms with Crippen LogP contribution in [0.3, 0.4) is 0 Å². The molecule has 0 spiro atoms. The van der Waals surface area contributed by atoms with E-state index in [1.165, 1.54) is 6.07 Å². The predicted octanol–water partition coefficient (Wildman–Crippen LogP) is 3.47. The minimum absolute atomic E-state index is 0.0640. The second-order valence-corrected chi connectivity index (χ2v) is 5.79. The van der Waals surface area contributed by atoms with E-state index in [4.69, 9.17) is 5.11 Å². The fraction of sp³-hybridized carbons (Fsp3) is 0.533. The van der Waals surface area contributed by atoms with Crippen molar-refractivity contribution in [3.05, 3.63) is 33.4 Å². The zero-order valence-corrected chi connectivity index (χ0v) is 13.1. The van der Waals surface area contributed by atoms with Crippen molar-refractivity contribution >= 4 is 17.3 Å². The SMILES string of the molecule is Cc1c(N(C)C(C)CC(C)C)cc(C(=O)O)cc1[N+](=O)[O-]. The molecule has 1 atom stereocenters. The van der Waals surface area contributed by atoms with E-state index in [1.54, 1.807) is 6.92 Å². The van der Waals surface area contributed by atoms with E-state index in [0.29, 0.717) is 17.2 Å². The highest BCUT2D eigenvalue weighted by molar-refractivity contribution is 5.90. The molecule has 0 aliphatic rings. The summed E-state index contributed by atoms with van der Waals surface area (Å²) in [6, 6.07) is 2.77. The molecule has 0 radical (unpaired) electrons. The van der Waals surface area contributed by atoms with Gasteiger partial charge in [-0.15, -0.1) is 0 Å². The molecule has 0 aliphatic carbocycles. The molecular formula is C15H22N2O4. The molecule has 0 saturated heterocycles. The largest absolute Gasteiger partial charge is 0.478 e. The number of anilines is 1. The van der Waals surface area contributed by atoms with Crippen LogP contribution >= 0.6 is 0 Å². The molecule has 0 saturated carbocycles. The zero-order chi connectivity index (χ0) is 16.3. The van der Waals surface area contributed by atoms with Crippen LogP contribution in [-0.2, 0) is 0 Å². The van der Waals surface area contributed by atoms with Crippen LogP contribution < -0.4 is 4.90 Å². The molecule has 0 aromatic heterocycles. The molecule has 1 rings (SSSR count). The van der Waals surface area contributed by atoms with Crippen molar-refractivity contribution in [3.8, 4) is 0 Å². The smallest absolute Gasteiger partial charge is 0.336 e. The van der Waals surface area contributed by atoms with Crippen molar-refractivity contribution in [3.63, 3.8) is 0 Å². The summed E-state index contributed by atoms with van der Waals surface area (Å²) in [6.45, 7) is 7.89. The van der Waals surface area contributed by atoms with Crippen LogP contribution in [0.25, 0.3) is 0 Å². The van der Waals surface area contributed by atoms with Crippen LogP contribution in [0, 0.1) is 23.0 Å². The first kappa shape index (κ1) is 16.9. The lowest BCUT2D eigenvalue weighted by atomic mass is 10.0. The van der Waals surface area contributed by atoms with Crippen LogP contribution in [0.1, 0.15) is 43.1 Å². The number of nitro groups is 1. The molecule has 0 amide bonds. The third-order valence-corrected chi connectivity index (χ3v) is 3.65. The van der Waals surface area contributed by atoms with Crippen molar-refractivity contribution < 1.29 is 14.8 Å². The van der Waals surface area contributed by atoms with Crippen LogP contribution in [-0.4, -0.2) is 29.1 Å². The predicted molar refractivity (Wildman–Crippen MR) is 82.1 cm³/mol. The fourth-order valence-corrected chi connectivity index (χ4v) is 2.44. The van der Waals surface area contributed by atoms with E-state index in [-0.39, 0.29) is 17.3 Å². The summed E-state index contributed by atoms with van der Waals surface area (Å²) in [5.41, 5.74) is 0.859. The molecule has 0 bridgehead atoms.